The van der Waals surface area contributed by atoms with Crippen LogP contribution >= 0.6 is 11.6 Å². The zero-order chi connectivity index (χ0) is 19.4. The topological polar surface area (TPSA) is 52.6 Å². The molecule has 0 bridgehead atoms. The van der Waals surface area contributed by atoms with E-state index in [1.165, 1.54) is 4.90 Å². The normalized spacial score (nSPS) is 11.1. The molecule has 138 valence electrons. The van der Waals surface area contributed by atoms with Crippen LogP contribution in [0.4, 0.5) is 10.5 Å². The van der Waals surface area contributed by atoms with Crippen LogP contribution in [0.2, 0.25) is 5.02 Å². The highest BCUT2D eigenvalue weighted by molar-refractivity contribution is 6.30. The molecule has 0 unspecified atom stereocenters. The highest BCUT2D eigenvalue weighted by Gasteiger charge is 2.36. The van der Waals surface area contributed by atoms with Gasteiger partial charge in [-0.3, -0.25) is 0 Å². The fourth-order valence-electron chi connectivity index (χ4n) is 2.99. The van der Waals surface area contributed by atoms with Gasteiger partial charge in [-0.25, -0.2) is 4.79 Å². The van der Waals surface area contributed by atoms with Gasteiger partial charge in [-0.1, -0.05) is 72.3 Å². The SMILES string of the molecule is CN(C)C(=O)Nc1ccc(Cl)cc1C(O)(c1ccccc1)c1ccccc1. The summed E-state index contributed by atoms with van der Waals surface area (Å²) in [7, 11) is 3.32. The molecule has 0 radical (unpaired) electrons. The predicted octanol–water partition coefficient (Wildman–Crippen LogP) is 4.72. The molecule has 0 saturated carbocycles. The lowest BCUT2D eigenvalue weighted by molar-refractivity contribution is 0.126. The van der Waals surface area contributed by atoms with Crippen LogP contribution in [0.1, 0.15) is 16.7 Å². The summed E-state index contributed by atoms with van der Waals surface area (Å²) in [5, 5.41) is 15.3. The summed E-state index contributed by atoms with van der Waals surface area (Å²) < 4.78 is 0. The summed E-state index contributed by atoms with van der Waals surface area (Å²) >= 11 is 6.26. The lowest BCUT2D eigenvalue weighted by atomic mass is 9.79. The number of urea groups is 1. The summed E-state index contributed by atoms with van der Waals surface area (Å²) in [4.78, 5) is 13.7. The number of carbonyl (C=O) groups is 1. The summed E-state index contributed by atoms with van der Waals surface area (Å²) in [6.45, 7) is 0. The van der Waals surface area contributed by atoms with Crippen molar-refractivity contribution in [3.8, 4) is 0 Å². The third kappa shape index (κ3) is 3.82. The quantitative estimate of drug-likeness (QED) is 0.643. The van der Waals surface area contributed by atoms with Crippen molar-refractivity contribution in [3.05, 3.63) is 101 Å². The van der Waals surface area contributed by atoms with E-state index in [2.05, 4.69) is 5.32 Å². The van der Waals surface area contributed by atoms with Crippen molar-refractivity contribution in [2.45, 2.75) is 5.60 Å². The zero-order valence-corrected chi connectivity index (χ0v) is 15.9. The van der Waals surface area contributed by atoms with Gasteiger partial charge in [0.15, 0.2) is 0 Å². The van der Waals surface area contributed by atoms with E-state index in [0.29, 0.717) is 27.4 Å². The molecule has 0 aliphatic carbocycles. The highest BCUT2D eigenvalue weighted by Crippen LogP contribution is 2.41. The second-order valence-corrected chi connectivity index (χ2v) is 6.89. The first kappa shape index (κ1) is 19.0. The van der Waals surface area contributed by atoms with Gasteiger partial charge in [-0.15, -0.1) is 0 Å². The number of benzene rings is 3. The number of aliphatic hydroxyl groups is 1. The molecule has 3 aromatic carbocycles. The second-order valence-electron chi connectivity index (χ2n) is 6.46. The van der Waals surface area contributed by atoms with Crippen LogP contribution < -0.4 is 5.32 Å². The molecule has 0 aromatic heterocycles. The van der Waals surface area contributed by atoms with Crippen molar-refractivity contribution in [2.24, 2.45) is 0 Å². The maximum absolute atomic E-state index is 12.2. The number of nitrogens with zero attached hydrogens (tertiary/aromatic N) is 1. The van der Waals surface area contributed by atoms with Crippen LogP contribution in [0.3, 0.4) is 0 Å². The van der Waals surface area contributed by atoms with E-state index in [9.17, 15) is 9.90 Å². The standard InChI is InChI=1S/C22H21ClN2O2/c1-25(2)21(26)24-20-14-13-18(23)15-19(20)22(27,16-9-5-3-6-10-16)17-11-7-4-8-12-17/h3-15,27H,1-2H3,(H,24,26). The van der Waals surface area contributed by atoms with Gasteiger partial charge < -0.3 is 15.3 Å². The van der Waals surface area contributed by atoms with E-state index >= 15 is 0 Å². The van der Waals surface area contributed by atoms with E-state index < -0.39 is 5.60 Å². The fourth-order valence-corrected chi connectivity index (χ4v) is 3.16. The van der Waals surface area contributed by atoms with E-state index in [0.717, 1.165) is 0 Å². The maximum atomic E-state index is 12.2. The smallest absolute Gasteiger partial charge is 0.321 e. The molecule has 27 heavy (non-hydrogen) atoms. The first-order valence-corrected chi connectivity index (χ1v) is 8.92. The Kier molecular flexibility index (Phi) is 5.49. The number of hydrogen-bond donors (Lipinski definition) is 2. The molecule has 0 heterocycles. The van der Waals surface area contributed by atoms with Gasteiger partial charge >= 0.3 is 6.03 Å². The van der Waals surface area contributed by atoms with Gasteiger partial charge in [-0.2, -0.15) is 0 Å². The van der Waals surface area contributed by atoms with Gasteiger partial charge in [0.2, 0.25) is 0 Å². The molecule has 5 heteroatoms. The second kappa shape index (κ2) is 7.82. The van der Waals surface area contributed by atoms with Gasteiger partial charge in [0.25, 0.3) is 0 Å². The molecule has 0 saturated heterocycles. The minimum Gasteiger partial charge on any atom is -0.376 e. The molecule has 0 fully saturated rings. The number of amides is 2. The minimum absolute atomic E-state index is 0.290. The fraction of sp³-hybridized carbons (Fsp3) is 0.136. The number of carbonyl (C=O) groups excluding carboxylic acids is 1. The van der Waals surface area contributed by atoms with Gasteiger partial charge in [0.05, 0.1) is 0 Å². The molecule has 0 spiro atoms. The van der Waals surface area contributed by atoms with E-state index in [1.54, 1.807) is 32.3 Å². The van der Waals surface area contributed by atoms with Gasteiger partial charge in [0, 0.05) is 30.4 Å². The third-order valence-electron chi connectivity index (χ3n) is 4.40. The van der Waals surface area contributed by atoms with E-state index in [-0.39, 0.29) is 6.03 Å². The lowest BCUT2D eigenvalue weighted by Crippen LogP contribution is -2.33. The molecular weight excluding hydrogens is 360 g/mol. The average Bonchev–Trinajstić information content (AvgIpc) is 2.70. The molecular formula is C22H21ClN2O2. The highest BCUT2D eigenvalue weighted by atomic mass is 35.5. The maximum Gasteiger partial charge on any atom is 0.321 e. The Morgan fingerprint density at radius 3 is 1.93 bits per heavy atom. The predicted molar refractivity (Wildman–Crippen MR) is 109 cm³/mol. The van der Waals surface area contributed by atoms with Crippen molar-refractivity contribution in [2.75, 3.05) is 19.4 Å². The van der Waals surface area contributed by atoms with E-state index in [1.807, 2.05) is 60.7 Å². The zero-order valence-electron chi connectivity index (χ0n) is 15.2. The summed E-state index contributed by atoms with van der Waals surface area (Å²) in [6, 6.07) is 23.4. The van der Waals surface area contributed by atoms with Gasteiger partial charge in [-0.05, 0) is 29.3 Å². The third-order valence-corrected chi connectivity index (χ3v) is 4.64. The lowest BCUT2D eigenvalue weighted by Gasteiger charge is -2.32. The van der Waals surface area contributed by atoms with Crippen LogP contribution in [0.5, 0.6) is 0 Å². The van der Waals surface area contributed by atoms with Crippen molar-refractivity contribution in [1.82, 2.24) is 4.90 Å². The Morgan fingerprint density at radius 1 is 0.926 bits per heavy atom. The monoisotopic (exact) mass is 380 g/mol. The number of anilines is 1. The van der Waals surface area contributed by atoms with Crippen molar-refractivity contribution in [3.63, 3.8) is 0 Å². The van der Waals surface area contributed by atoms with Crippen molar-refractivity contribution < 1.29 is 9.90 Å². The molecule has 0 aliphatic rings. The Bertz CT molecular complexity index is 888. The molecule has 0 atom stereocenters. The Morgan fingerprint density at radius 2 is 1.44 bits per heavy atom. The molecule has 3 rings (SSSR count). The molecule has 2 N–H and O–H groups in total. The molecule has 4 nitrogen and oxygen atoms in total. The molecule has 2 amide bonds. The minimum atomic E-state index is -1.48. The number of rotatable bonds is 4. The Balaban J connectivity index is 2.25. The summed E-state index contributed by atoms with van der Waals surface area (Å²) in [5.41, 5.74) is 0.871. The van der Waals surface area contributed by atoms with Crippen LogP contribution in [0, 0.1) is 0 Å². The van der Waals surface area contributed by atoms with Gasteiger partial charge in [0.1, 0.15) is 5.60 Å². The number of hydrogen-bond acceptors (Lipinski definition) is 2. The number of halogens is 1. The van der Waals surface area contributed by atoms with Crippen LogP contribution in [-0.4, -0.2) is 30.1 Å². The largest absolute Gasteiger partial charge is 0.376 e. The Labute approximate surface area is 164 Å². The first-order valence-electron chi connectivity index (χ1n) is 8.54. The van der Waals surface area contributed by atoms with E-state index in [4.69, 9.17) is 11.6 Å². The first-order chi connectivity index (χ1) is 12.9. The summed E-state index contributed by atoms with van der Waals surface area (Å²) in [5.74, 6) is 0. The average molecular weight is 381 g/mol. The van der Waals surface area contributed by atoms with Crippen LogP contribution in [-0.2, 0) is 5.60 Å². The van der Waals surface area contributed by atoms with Crippen LogP contribution in [0.15, 0.2) is 78.9 Å². The summed E-state index contributed by atoms with van der Waals surface area (Å²) in [6.07, 6.45) is 0. The van der Waals surface area contributed by atoms with Crippen molar-refractivity contribution >= 4 is 23.3 Å². The number of nitrogens with one attached hydrogen (secondary N) is 1. The molecule has 3 aromatic rings. The van der Waals surface area contributed by atoms with Crippen LogP contribution in [0.25, 0.3) is 0 Å². The Hall–Kier alpha value is -2.82. The van der Waals surface area contributed by atoms with Crippen molar-refractivity contribution in [1.29, 1.82) is 0 Å². The molecule has 0 aliphatic heterocycles.